The Morgan fingerprint density at radius 1 is 0.667 bits per heavy atom. The fourth-order valence-corrected chi connectivity index (χ4v) is 5.68. The first-order valence-electron chi connectivity index (χ1n) is 10.6. The average Bonchev–Trinajstić information content (AvgIpc) is 2.52. The van der Waals surface area contributed by atoms with Crippen LogP contribution in [0.1, 0.15) is 80.1 Å². The highest BCUT2D eigenvalue weighted by Gasteiger charge is 2.37. The van der Waals surface area contributed by atoms with Crippen LogP contribution in [0.5, 0.6) is 0 Å². The van der Waals surface area contributed by atoms with E-state index in [0.29, 0.717) is 11.8 Å². The molecule has 0 radical (unpaired) electrons. The summed E-state index contributed by atoms with van der Waals surface area (Å²) in [5.41, 5.74) is 2.84. The molecular weight excluding hydrogens is 288 g/mol. The van der Waals surface area contributed by atoms with Gasteiger partial charge in [0.05, 0.1) is 0 Å². The molecule has 0 heterocycles. The molecule has 138 valence electrons. The summed E-state index contributed by atoms with van der Waals surface area (Å²) in [5.74, 6) is 6.18. The molecule has 0 aromatic carbocycles. The van der Waals surface area contributed by atoms with Gasteiger partial charge >= 0.3 is 0 Å². The second kappa shape index (κ2) is 8.24. The van der Waals surface area contributed by atoms with Crippen LogP contribution in [0.3, 0.4) is 0 Å². The number of rotatable bonds is 5. The third-order valence-corrected chi connectivity index (χ3v) is 7.35. The van der Waals surface area contributed by atoms with E-state index >= 15 is 0 Å². The lowest BCUT2D eigenvalue weighted by Gasteiger charge is -2.43. The predicted octanol–water partition coefficient (Wildman–Crippen LogP) is 7.52. The molecular formula is C24H42. The average molecular weight is 331 g/mol. The Balaban J connectivity index is 2.17. The minimum atomic E-state index is 0.672. The van der Waals surface area contributed by atoms with Gasteiger partial charge in [0.2, 0.25) is 0 Å². The maximum Gasteiger partial charge on any atom is -0.0132 e. The van der Waals surface area contributed by atoms with Gasteiger partial charge in [0.15, 0.2) is 0 Å². The lowest BCUT2D eigenvalue weighted by Crippen LogP contribution is -2.33. The molecule has 2 aliphatic carbocycles. The Morgan fingerprint density at radius 3 is 1.29 bits per heavy atom. The van der Waals surface area contributed by atoms with Gasteiger partial charge in [0, 0.05) is 0 Å². The van der Waals surface area contributed by atoms with E-state index in [1.807, 2.05) is 0 Å². The maximum absolute atomic E-state index is 4.64. The van der Waals surface area contributed by atoms with E-state index < -0.39 is 0 Å². The molecule has 2 rings (SSSR count). The summed E-state index contributed by atoms with van der Waals surface area (Å²) in [4.78, 5) is 0. The van der Waals surface area contributed by atoms with Crippen LogP contribution >= 0.6 is 0 Å². The monoisotopic (exact) mass is 330 g/mol. The molecule has 0 amide bonds. The van der Waals surface area contributed by atoms with Gasteiger partial charge in [-0.3, -0.25) is 0 Å². The largest absolute Gasteiger partial charge is 0.0953 e. The highest BCUT2D eigenvalue weighted by Crippen LogP contribution is 2.48. The van der Waals surface area contributed by atoms with E-state index in [9.17, 15) is 0 Å². The molecule has 0 nitrogen and oxygen atoms in total. The molecule has 0 aromatic heterocycles. The van der Waals surface area contributed by atoms with Crippen molar-refractivity contribution in [2.75, 3.05) is 0 Å². The first-order chi connectivity index (χ1) is 11.2. The Bertz CT molecular complexity index is 399. The molecule has 0 N–H and O–H groups in total. The van der Waals surface area contributed by atoms with Gasteiger partial charge in [-0.1, -0.05) is 67.5 Å². The summed E-state index contributed by atoms with van der Waals surface area (Å²) in [7, 11) is 0. The zero-order valence-electron chi connectivity index (χ0n) is 17.3. The number of hydrogen-bond acceptors (Lipinski definition) is 0. The third-order valence-electron chi connectivity index (χ3n) is 7.35. The van der Waals surface area contributed by atoms with E-state index in [0.717, 1.165) is 35.5 Å². The van der Waals surface area contributed by atoms with E-state index in [2.05, 4.69) is 54.7 Å². The quantitative estimate of drug-likeness (QED) is 0.457. The third kappa shape index (κ3) is 4.36. The molecule has 0 aromatic rings. The van der Waals surface area contributed by atoms with Crippen molar-refractivity contribution < 1.29 is 0 Å². The van der Waals surface area contributed by atoms with Crippen LogP contribution in [-0.2, 0) is 0 Å². The Morgan fingerprint density at radius 2 is 1.00 bits per heavy atom. The van der Waals surface area contributed by atoms with Gasteiger partial charge in [0.25, 0.3) is 0 Å². The molecule has 0 saturated heterocycles. The standard InChI is InChI=1S/C24H42/c1-15(2)21-11-9-17(5)13-23(21)19(7)20(8)24-14-18(6)10-12-22(24)16(3)4/h15-18,21-24H,7-14H2,1-6H3. The van der Waals surface area contributed by atoms with Crippen molar-refractivity contribution in [3.05, 3.63) is 24.3 Å². The van der Waals surface area contributed by atoms with E-state index in [-0.39, 0.29) is 0 Å². The fourth-order valence-electron chi connectivity index (χ4n) is 5.68. The van der Waals surface area contributed by atoms with E-state index in [4.69, 9.17) is 0 Å². The van der Waals surface area contributed by atoms with Gasteiger partial charge in [-0.2, -0.15) is 0 Å². The van der Waals surface area contributed by atoms with Crippen molar-refractivity contribution in [1.29, 1.82) is 0 Å². The Hall–Kier alpha value is -0.520. The van der Waals surface area contributed by atoms with Crippen LogP contribution in [-0.4, -0.2) is 0 Å². The van der Waals surface area contributed by atoms with Crippen molar-refractivity contribution in [1.82, 2.24) is 0 Å². The van der Waals surface area contributed by atoms with Crippen molar-refractivity contribution in [2.24, 2.45) is 47.3 Å². The first-order valence-corrected chi connectivity index (χ1v) is 10.6. The molecule has 2 aliphatic rings. The van der Waals surface area contributed by atoms with Crippen molar-refractivity contribution in [3.8, 4) is 0 Å². The van der Waals surface area contributed by atoms with Crippen LogP contribution in [0.15, 0.2) is 24.3 Å². The number of allylic oxidation sites excluding steroid dienone is 2. The molecule has 0 heteroatoms. The topological polar surface area (TPSA) is 0 Å². The summed E-state index contributed by atoms with van der Waals surface area (Å²) in [6, 6.07) is 0. The van der Waals surface area contributed by atoms with E-state index in [1.165, 1.54) is 49.7 Å². The SMILES string of the molecule is C=C(C(=C)C1CC(C)CCC1C(C)C)C1CC(C)CCC1C(C)C. The second-order valence-corrected chi connectivity index (χ2v) is 9.92. The summed E-state index contributed by atoms with van der Waals surface area (Å²) < 4.78 is 0. The minimum Gasteiger partial charge on any atom is -0.0953 e. The Kier molecular flexibility index (Phi) is 6.80. The zero-order chi connectivity index (χ0) is 18.0. The van der Waals surface area contributed by atoms with Crippen LogP contribution in [0.2, 0.25) is 0 Å². The molecule has 0 aliphatic heterocycles. The van der Waals surface area contributed by atoms with Crippen LogP contribution < -0.4 is 0 Å². The van der Waals surface area contributed by atoms with Crippen molar-refractivity contribution in [3.63, 3.8) is 0 Å². The molecule has 6 atom stereocenters. The second-order valence-electron chi connectivity index (χ2n) is 9.92. The fraction of sp³-hybridized carbons (Fsp3) is 0.833. The van der Waals surface area contributed by atoms with Crippen molar-refractivity contribution in [2.45, 2.75) is 80.1 Å². The van der Waals surface area contributed by atoms with Crippen molar-refractivity contribution >= 4 is 0 Å². The molecule has 2 fully saturated rings. The molecule has 6 unspecified atom stereocenters. The van der Waals surface area contributed by atoms with E-state index in [1.54, 1.807) is 0 Å². The highest BCUT2D eigenvalue weighted by molar-refractivity contribution is 5.32. The van der Waals surface area contributed by atoms with Gasteiger partial charge in [0.1, 0.15) is 0 Å². The number of hydrogen-bond donors (Lipinski definition) is 0. The highest BCUT2D eigenvalue weighted by atomic mass is 14.4. The van der Waals surface area contributed by atoms with Gasteiger partial charge in [-0.25, -0.2) is 0 Å². The maximum atomic E-state index is 4.64. The van der Waals surface area contributed by atoms with Gasteiger partial charge in [-0.15, -0.1) is 0 Å². The lowest BCUT2D eigenvalue weighted by atomic mass is 9.62. The van der Waals surface area contributed by atoms with Gasteiger partial charge < -0.3 is 0 Å². The predicted molar refractivity (Wildman–Crippen MR) is 108 cm³/mol. The smallest absolute Gasteiger partial charge is 0.0132 e. The summed E-state index contributed by atoms with van der Waals surface area (Å²) >= 11 is 0. The lowest BCUT2D eigenvalue weighted by molar-refractivity contribution is 0.153. The molecule has 0 spiro atoms. The van der Waals surface area contributed by atoms with Crippen LogP contribution in [0.25, 0.3) is 0 Å². The zero-order valence-corrected chi connectivity index (χ0v) is 17.3. The minimum absolute atomic E-state index is 0.672. The van der Waals surface area contributed by atoms with Crippen LogP contribution in [0.4, 0.5) is 0 Å². The summed E-state index contributed by atoms with van der Waals surface area (Å²) in [5, 5.41) is 0. The van der Waals surface area contributed by atoms with Crippen LogP contribution in [0, 0.1) is 47.3 Å². The summed E-state index contributed by atoms with van der Waals surface area (Å²) in [6.45, 7) is 23.8. The van der Waals surface area contributed by atoms with Gasteiger partial charge in [-0.05, 0) is 84.2 Å². The molecule has 24 heavy (non-hydrogen) atoms. The Labute approximate surface area is 152 Å². The molecule has 0 bridgehead atoms. The summed E-state index contributed by atoms with van der Waals surface area (Å²) in [6.07, 6.45) is 8.21. The molecule has 2 saturated carbocycles. The first kappa shape index (κ1) is 19.8. The normalized spacial score (nSPS) is 37.7.